The molecule has 0 amide bonds. The summed E-state index contributed by atoms with van der Waals surface area (Å²) in [5.41, 5.74) is 5.64. The van der Waals surface area contributed by atoms with Gasteiger partial charge in [0.2, 0.25) is 0 Å². The van der Waals surface area contributed by atoms with E-state index in [1.807, 2.05) is 0 Å². The SMILES string of the molecule is CN(C)CCN(CC(N)=S)C1CCCC1. The first-order chi connectivity index (χ1) is 7.09. The Balaban J connectivity index is 2.40. The number of thiocarbonyl (C=S) groups is 1. The molecule has 1 aliphatic rings. The normalized spacial score (nSPS) is 17.9. The molecule has 1 fully saturated rings. The van der Waals surface area contributed by atoms with Crippen LogP contribution in [-0.2, 0) is 0 Å². The lowest BCUT2D eigenvalue weighted by atomic mass is 10.2. The molecule has 1 aliphatic carbocycles. The van der Waals surface area contributed by atoms with E-state index in [2.05, 4.69) is 23.9 Å². The Hall–Kier alpha value is -0.190. The molecule has 88 valence electrons. The van der Waals surface area contributed by atoms with Gasteiger partial charge in [0, 0.05) is 25.7 Å². The fraction of sp³-hybridized carbons (Fsp3) is 0.909. The zero-order chi connectivity index (χ0) is 11.3. The van der Waals surface area contributed by atoms with Crippen LogP contribution in [0.5, 0.6) is 0 Å². The van der Waals surface area contributed by atoms with Crippen molar-refractivity contribution in [3.63, 3.8) is 0 Å². The predicted molar refractivity (Wildman–Crippen MR) is 69.2 cm³/mol. The van der Waals surface area contributed by atoms with E-state index in [0.717, 1.165) is 19.6 Å². The average Bonchev–Trinajstić information content (AvgIpc) is 2.63. The third-order valence-electron chi connectivity index (χ3n) is 3.03. The van der Waals surface area contributed by atoms with Crippen LogP contribution < -0.4 is 5.73 Å². The molecule has 2 N–H and O–H groups in total. The van der Waals surface area contributed by atoms with Crippen molar-refractivity contribution in [2.75, 3.05) is 33.7 Å². The molecule has 3 nitrogen and oxygen atoms in total. The zero-order valence-corrected chi connectivity index (χ0v) is 10.7. The molecule has 1 rings (SSSR count). The second-order valence-corrected chi connectivity index (χ2v) is 5.20. The molecule has 0 heterocycles. The topological polar surface area (TPSA) is 32.5 Å². The third kappa shape index (κ3) is 4.91. The second-order valence-electron chi connectivity index (χ2n) is 4.68. The first kappa shape index (κ1) is 12.9. The van der Waals surface area contributed by atoms with Gasteiger partial charge in [0.1, 0.15) is 0 Å². The van der Waals surface area contributed by atoms with E-state index in [1.54, 1.807) is 0 Å². The first-order valence-electron chi connectivity index (χ1n) is 5.76. The highest BCUT2D eigenvalue weighted by Gasteiger charge is 2.22. The molecular weight excluding hydrogens is 206 g/mol. The molecule has 15 heavy (non-hydrogen) atoms. The minimum absolute atomic E-state index is 0.626. The van der Waals surface area contributed by atoms with Gasteiger partial charge < -0.3 is 10.6 Å². The summed E-state index contributed by atoms with van der Waals surface area (Å²) >= 11 is 5.01. The van der Waals surface area contributed by atoms with Crippen molar-refractivity contribution < 1.29 is 0 Å². The molecule has 0 aromatic heterocycles. The summed E-state index contributed by atoms with van der Waals surface area (Å²) in [5, 5.41) is 0. The summed E-state index contributed by atoms with van der Waals surface area (Å²) in [6, 6.07) is 0.714. The van der Waals surface area contributed by atoms with E-state index in [0.29, 0.717) is 11.0 Å². The van der Waals surface area contributed by atoms with Gasteiger partial charge in [0.25, 0.3) is 0 Å². The van der Waals surface area contributed by atoms with Gasteiger partial charge in [-0.05, 0) is 26.9 Å². The molecule has 0 aliphatic heterocycles. The molecule has 0 unspecified atom stereocenters. The molecule has 0 spiro atoms. The van der Waals surface area contributed by atoms with Crippen LogP contribution in [0.3, 0.4) is 0 Å². The van der Waals surface area contributed by atoms with Crippen molar-refractivity contribution in [1.29, 1.82) is 0 Å². The predicted octanol–water partition coefficient (Wildman–Crippen LogP) is 1.08. The van der Waals surface area contributed by atoms with Crippen LogP contribution in [0.25, 0.3) is 0 Å². The van der Waals surface area contributed by atoms with Crippen molar-refractivity contribution in [2.24, 2.45) is 5.73 Å². The van der Waals surface area contributed by atoms with Crippen molar-refractivity contribution in [1.82, 2.24) is 9.80 Å². The summed E-state index contributed by atoms with van der Waals surface area (Å²) < 4.78 is 0. The number of hydrogen-bond acceptors (Lipinski definition) is 3. The van der Waals surface area contributed by atoms with E-state index in [9.17, 15) is 0 Å². The Labute approximate surface area is 98.6 Å². The van der Waals surface area contributed by atoms with Crippen LogP contribution >= 0.6 is 12.2 Å². The zero-order valence-electron chi connectivity index (χ0n) is 9.91. The van der Waals surface area contributed by atoms with Crippen LogP contribution in [0.15, 0.2) is 0 Å². The summed E-state index contributed by atoms with van der Waals surface area (Å²) in [4.78, 5) is 5.29. The van der Waals surface area contributed by atoms with Gasteiger partial charge in [0.15, 0.2) is 0 Å². The first-order valence-corrected chi connectivity index (χ1v) is 6.17. The van der Waals surface area contributed by atoms with Crippen LogP contribution in [0.4, 0.5) is 0 Å². The van der Waals surface area contributed by atoms with Gasteiger partial charge in [-0.1, -0.05) is 25.1 Å². The van der Waals surface area contributed by atoms with Crippen LogP contribution in [-0.4, -0.2) is 54.6 Å². The minimum Gasteiger partial charge on any atom is -0.392 e. The lowest BCUT2D eigenvalue weighted by Gasteiger charge is -2.29. The van der Waals surface area contributed by atoms with Gasteiger partial charge in [0.05, 0.1) is 4.99 Å². The molecule has 0 radical (unpaired) electrons. The smallest absolute Gasteiger partial charge is 0.0870 e. The highest BCUT2D eigenvalue weighted by Crippen LogP contribution is 2.23. The minimum atomic E-state index is 0.626. The van der Waals surface area contributed by atoms with Crippen molar-refractivity contribution >= 4 is 17.2 Å². The molecule has 1 saturated carbocycles. The molecule has 0 aromatic carbocycles. The Bertz CT molecular complexity index is 200. The van der Waals surface area contributed by atoms with E-state index >= 15 is 0 Å². The standard InChI is InChI=1S/C11H23N3S/c1-13(2)7-8-14(9-11(12)15)10-5-3-4-6-10/h10H,3-9H2,1-2H3,(H2,12,15). The van der Waals surface area contributed by atoms with Crippen molar-refractivity contribution in [3.05, 3.63) is 0 Å². The summed E-state index contributed by atoms with van der Waals surface area (Å²) in [7, 11) is 4.21. The fourth-order valence-electron chi connectivity index (χ4n) is 2.19. The quantitative estimate of drug-likeness (QED) is 0.691. The van der Waals surface area contributed by atoms with E-state index in [4.69, 9.17) is 18.0 Å². The number of likely N-dealkylation sites (N-methyl/N-ethyl adjacent to an activating group) is 1. The average molecular weight is 229 g/mol. The maximum Gasteiger partial charge on any atom is 0.0870 e. The summed E-state index contributed by atoms with van der Waals surface area (Å²) in [6.07, 6.45) is 5.35. The van der Waals surface area contributed by atoms with Gasteiger partial charge in [-0.3, -0.25) is 4.90 Å². The highest BCUT2D eigenvalue weighted by atomic mass is 32.1. The van der Waals surface area contributed by atoms with Gasteiger partial charge in [-0.2, -0.15) is 0 Å². The second kappa shape index (κ2) is 6.40. The van der Waals surface area contributed by atoms with E-state index in [-0.39, 0.29) is 0 Å². The Morgan fingerprint density at radius 3 is 2.33 bits per heavy atom. The van der Waals surface area contributed by atoms with Crippen LogP contribution in [0.1, 0.15) is 25.7 Å². The third-order valence-corrected chi connectivity index (χ3v) is 3.16. The highest BCUT2D eigenvalue weighted by molar-refractivity contribution is 7.80. The van der Waals surface area contributed by atoms with E-state index < -0.39 is 0 Å². The molecule has 4 heteroatoms. The van der Waals surface area contributed by atoms with Crippen molar-refractivity contribution in [2.45, 2.75) is 31.7 Å². The number of nitrogens with zero attached hydrogens (tertiary/aromatic N) is 2. The Morgan fingerprint density at radius 1 is 1.27 bits per heavy atom. The molecular formula is C11H23N3S. The van der Waals surface area contributed by atoms with Crippen LogP contribution in [0, 0.1) is 0 Å². The van der Waals surface area contributed by atoms with Crippen molar-refractivity contribution in [3.8, 4) is 0 Å². The van der Waals surface area contributed by atoms with Gasteiger partial charge in [-0.15, -0.1) is 0 Å². The van der Waals surface area contributed by atoms with Gasteiger partial charge in [-0.25, -0.2) is 0 Å². The lowest BCUT2D eigenvalue weighted by Crippen LogP contribution is -2.42. The molecule has 0 atom stereocenters. The maximum absolute atomic E-state index is 5.64. The number of rotatable bonds is 6. The Kier molecular flexibility index (Phi) is 5.50. The van der Waals surface area contributed by atoms with E-state index in [1.165, 1.54) is 25.7 Å². The summed E-state index contributed by atoms with van der Waals surface area (Å²) in [6.45, 7) is 2.95. The monoisotopic (exact) mass is 229 g/mol. The van der Waals surface area contributed by atoms with Crippen LogP contribution in [0.2, 0.25) is 0 Å². The Morgan fingerprint density at radius 2 is 1.87 bits per heavy atom. The fourth-order valence-corrected chi connectivity index (χ4v) is 2.35. The molecule has 0 aromatic rings. The number of hydrogen-bond donors (Lipinski definition) is 1. The summed E-state index contributed by atoms with van der Waals surface area (Å²) in [5.74, 6) is 0. The maximum atomic E-state index is 5.64. The molecule has 0 saturated heterocycles. The lowest BCUT2D eigenvalue weighted by molar-refractivity contribution is 0.204. The van der Waals surface area contributed by atoms with Gasteiger partial charge >= 0.3 is 0 Å². The molecule has 0 bridgehead atoms. The number of nitrogens with two attached hydrogens (primary N) is 1. The largest absolute Gasteiger partial charge is 0.392 e.